The Morgan fingerprint density at radius 3 is 2.65 bits per heavy atom. The summed E-state index contributed by atoms with van der Waals surface area (Å²) in [5, 5.41) is 4.04. The fraction of sp³-hybridized carbons (Fsp3) is 0.200. The number of hydrogen-bond donors (Lipinski definition) is 1. The lowest BCUT2D eigenvalue weighted by Gasteiger charge is -2.05. The van der Waals surface area contributed by atoms with Gasteiger partial charge < -0.3 is 9.15 Å². The van der Waals surface area contributed by atoms with E-state index >= 15 is 0 Å². The Kier molecular flexibility index (Phi) is 4.55. The molecule has 104 valence electrons. The topological polar surface area (TPSA) is 63.8 Å². The molecule has 0 spiro atoms. The molecule has 1 heterocycles. The second-order valence-corrected chi connectivity index (χ2v) is 4.07. The molecule has 0 saturated carbocycles. The number of carbonyl (C=O) groups is 1. The molecule has 0 aliphatic rings. The van der Waals surface area contributed by atoms with Crippen LogP contribution in [0.1, 0.15) is 30.0 Å². The molecule has 20 heavy (non-hydrogen) atoms. The lowest BCUT2D eigenvalue weighted by Crippen LogP contribution is -2.18. The fourth-order valence-electron chi connectivity index (χ4n) is 1.62. The maximum atomic E-state index is 11.6. The molecule has 0 radical (unpaired) electrons. The van der Waals surface area contributed by atoms with Crippen molar-refractivity contribution >= 4 is 11.6 Å². The van der Waals surface area contributed by atoms with E-state index in [0.29, 0.717) is 12.3 Å². The van der Waals surface area contributed by atoms with Gasteiger partial charge in [0, 0.05) is 0 Å². The highest BCUT2D eigenvalue weighted by Gasteiger charge is 2.07. The minimum Gasteiger partial charge on any atom is -0.494 e. The van der Waals surface area contributed by atoms with Gasteiger partial charge in [0.25, 0.3) is 0 Å². The first-order valence-electron chi connectivity index (χ1n) is 6.32. The van der Waals surface area contributed by atoms with E-state index in [4.69, 9.17) is 9.15 Å². The molecule has 5 nitrogen and oxygen atoms in total. The van der Waals surface area contributed by atoms with Crippen LogP contribution < -0.4 is 10.2 Å². The molecule has 0 bridgehead atoms. The van der Waals surface area contributed by atoms with Gasteiger partial charge >= 0.3 is 5.91 Å². The number of nitrogens with zero attached hydrogens (tertiary/aromatic N) is 1. The number of ether oxygens (including phenoxy) is 1. The van der Waals surface area contributed by atoms with Crippen molar-refractivity contribution in [1.82, 2.24) is 5.43 Å². The van der Waals surface area contributed by atoms with Gasteiger partial charge in [0.15, 0.2) is 5.76 Å². The van der Waals surface area contributed by atoms with Gasteiger partial charge in [-0.1, -0.05) is 0 Å². The van der Waals surface area contributed by atoms with Crippen molar-refractivity contribution in [2.45, 2.75) is 13.8 Å². The number of furan rings is 1. The summed E-state index contributed by atoms with van der Waals surface area (Å²) in [4.78, 5) is 11.6. The molecular weight excluding hydrogens is 256 g/mol. The Morgan fingerprint density at radius 1 is 1.30 bits per heavy atom. The quantitative estimate of drug-likeness (QED) is 0.672. The van der Waals surface area contributed by atoms with Crippen LogP contribution in [0.2, 0.25) is 0 Å². The standard InChI is InChI=1S/C15H16N2O3/c1-3-19-13-8-6-12(7-9-13)11(2)16-17-15(18)14-5-4-10-20-14/h4-10H,3H2,1-2H3,(H,17,18)/b16-11+. The molecule has 0 unspecified atom stereocenters. The summed E-state index contributed by atoms with van der Waals surface area (Å²) in [5.41, 5.74) is 4.06. The Labute approximate surface area is 117 Å². The Bertz CT molecular complexity index is 586. The predicted octanol–water partition coefficient (Wildman–Crippen LogP) is 2.83. The zero-order valence-electron chi connectivity index (χ0n) is 11.4. The maximum absolute atomic E-state index is 11.6. The smallest absolute Gasteiger partial charge is 0.307 e. The van der Waals surface area contributed by atoms with Gasteiger partial charge in [-0.25, -0.2) is 5.43 Å². The van der Waals surface area contributed by atoms with Crippen LogP contribution in [0.25, 0.3) is 0 Å². The highest BCUT2D eigenvalue weighted by molar-refractivity contribution is 6.00. The second kappa shape index (κ2) is 6.56. The van der Waals surface area contributed by atoms with Gasteiger partial charge in [0.2, 0.25) is 0 Å². The zero-order chi connectivity index (χ0) is 14.4. The first-order chi connectivity index (χ1) is 9.70. The lowest BCUT2D eigenvalue weighted by atomic mass is 10.1. The Hall–Kier alpha value is -2.56. The van der Waals surface area contributed by atoms with Crippen LogP contribution in [-0.2, 0) is 0 Å². The minimum absolute atomic E-state index is 0.230. The van der Waals surface area contributed by atoms with Gasteiger partial charge in [-0.3, -0.25) is 4.79 Å². The summed E-state index contributed by atoms with van der Waals surface area (Å²) >= 11 is 0. The van der Waals surface area contributed by atoms with Crippen molar-refractivity contribution in [2.75, 3.05) is 6.61 Å². The Balaban J connectivity index is 2.01. The molecule has 1 aromatic carbocycles. The number of amides is 1. The van der Waals surface area contributed by atoms with Gasteiger partial charge in [-0.05, 0) is 55.8 Å². The van der Waals surface area contributed by atoms with E-state index < -0.39 is 0 Å². The van der Waals surface area contributed by atoms with E-state index in [0.717, 1.165) is 11.3 Å². The van der Waals surface area contributed by atoms with Crippen molar-refractivity contribution in [3.05, 3.63) is 54.0 Å². The minimum atomic E-state index is -0.375. The van der Waals surface area contributed by atoms with Crippen LogP contribution in [0.3, 0.4) is 0 Å². The van der Waals surface area contributed by atoms with Gasteiger partial charge in [0.1, 0.15) is 5.75 Å². The third-order valence-electron chi connectivity index (χ3n) is 2.65. The van der Waals surface area contributed by atoms with Crippen molar-refractivity contribution in [3.63, 3.8) is 0 Å². The lowest BCUT2D eigenvalue weighted by molar-refractivity contribution is 0.0927. The summed E-state index contributed by atoms with van der Waals surface area (Å²) in [6, 6.07) is 10.7. The number of nitrogens with one attached hydrogen (secondary N) is 1. The first kappa shape index (κ1) is 13.9. The summed E-state index contributed by atoms with van der Waals surface area (Å²) in [7, 11) is 0. The normalized spacial score (nSPS) is 11.2. The largest absolute Gasteiger partial charge is 0.494 e. The van der Waals surface area contributed by atoms with Crippen LogP contribution in [0.5, 0.6) is 5.75 Å². The molecule has 1 aromatic heterocycles. The molecule has 1 amide bonds. The third kappa shape index (κ3) is 3.47. The van der Waals surface area contributed by atoms with E-state index in [1.165, 1.54) is 6.26 Å². The molecule has 2 aromatic rings. The monoisotopic (exact) mass is 272 g/mol. The van der Waals surface area contributed by atoms with Gasteiger partial charge in [-0.2, -0.15) is 5.10 Å². The molecule has 1 N–H and O–H groups in total. The number of hydrogen-bond acceptors (Lipinski definition) is 4. The highest BCUT2D eigenvalue weighted by atomic mass is 16.5. The molecule has 0 fully saturated rings. The molecule has 5 heteroatoms. The zero-order valence-corrected chi connectivity index (χ0v) is 11.4. The van der Waals surface area contributed by atoms with Crippen LogP contribution in [0.15, 0.2) is 52.2 Å². The fourth-order valence-corrected chi connectivity index (χ4v) is 1.62. The molecule has 0 aliphatic heterocycles. The molecule has 0 aliphatic carbocycles. The Morgan fingerprint density at radius 2 is 2.05 bits per heavy atom. The second-order valence-electron chi connectivity index (χ2n) is 4.07. The average Bonchev–Trinajstić information content (AvgIpc) is 3.00. The van der Waals surface area contributed by atoms with Crippen LogP contribution >= 0.6 is 0 Å². The van der Waals surface area contributed by atoms with Crippen LogP contribution in [0, 0.1) is 0 Å². The maximum Gasteiger partial charge on any atom is 0.307 e. The van der Waals surface area contributed by atoms with Crippen LogP contribution in [0.4, 0.5) is 0 Å². The van der Waals surface area contributed by atoms with Crippen molar-refractivity contribution < 1.29 is 13.9 Å². The van der Waals surface area contributed by atoms with Gasteiger partial charge in [-0.15, -0.1) is 0 Å². The molecule has 0 atom stereocenters. The van der Waals surface area contributed by atoms with E-state index in [-0.39, 0.29) is 11.7 Å². The molecular formula is C15H16N2O3. The summed E-state index contributed by atoms with van der Waals surface area (Å²) in [6.45, 7) is 4.38. The highest BCUT2D eigenvalue weighted by Crippen LogP contribution is 2.12. The van der Waals surface area contributed by atoms with Crippen molar-refractivity contribution in [3.8, 4) is 5.75 Å². The SMILES string of the molecule is CCOc1ccc(/C(C)=N/NC(=O)c2ccco2)cc1. The molecule has 0 saturated heterocycles. The van der Waals surface area contributed by atoms with Crippen molar-refractivity contribution in [1.29, 1.82) is 0 Å². The summed E-state index contributed by atoms with van der Waals surface area (Å²) in [6.07, 6.45) is 1.44. The number of rotatable bonds is 5. The number of carbonyl (C=O) groups excluding carboxylic acids is 1. The summed E-state index contributed by atoms with van der Waals surface area (Å²) in [5.74, 6) is 0.664. The van der Waals surface area contributed by atoms with E-state index in [1.807, 2.05) is 38.1 Å². The van der Waals surface area contributed by atoms with E-state index in [1.54, 1.807) is 12.1 Å². The van der Waals surface area contributed by atoms with Gasteiger partial charge in [0.05, 0.1) is 18.6 Å². The average molecular weight is 272 g/mol. The van der Waals surface area contributed by atoms with E-state index in [2.05, 4.69) is 10.5 Å². The third-order valence-corrected chi connectivity index (χ3v) is 2.65. The van der Waals surface area contributed by atoms with E-state index in [9.17, 15) is 4.79 Å². The first-order valence-corrected chi connectivity index (χ1v) is 6.32. The van der Waals surface area contributed by atoms with Crippen molar-refractivity contribution in [2.24, 2.45) is 5.10 Å². The molecule has 2 rings (SSSR count). The van der Waals surface area contributed by atoms with Crippen LogP contribution in [-0.4, -0.2) is 18.2 Å². The summed E-state index contributed by atoms with van der Waals surface area (Å²) < 4.78 is 10.3. The predicted molar refractivity (Wildman–Crippen MR) is 76.0 cm³/mol. The number of hydrazone groups is 1. The number of benzene rings is 1.